The molecule has 0 amide bonds. The van der Waals surface area contributed by atoms with Crippen LogP contribution >= 0.6 is 63.7 Å². The average molecular weight is 500 g/mol. The smallest absolute Gasteiger partial charge is 0.185 e. The van der Waals surface area contributed by atoms with Crippen LogP contribution in [0.5, 0.6) is 23.0 Å². The van der Waals surface area contributed by atoms with Crippen molar-refractivity contribution in [1.29, 1.82) is 0 Å². The van der Waals surface area contributed by atoms with Crippen LogP contribution in [0.15, 0.2) is 42.2 Å². The molecule has 2 aromatic carbocycles. The van der Waals surface area contributed by atoms with Gasteiger partial charge in [-0.1, -0.05) is 15.9 Å². The van der Waals surface area contributed by atoms with Gasteiger partial charge in [-0.25, -0.2) is 0 Å². The summed E-state index contributed by atoms with van der Waals surface area (Å²) < 4.78 is 15.3. The van der Waals surface area contributed by atoms with Crippen molar-refractivity contribution in [3.63, 3.8) is 0 Å². The lowest BCUT2D eigenvalue weighted by Crippen LogP contribution is -2.00. The third-order valence-corrected chi connectivity index (χ3v) is 5.44. The van der Waals surface area contributed by atoms with E-state index in [1.807, 2.05) is 24.3 Å². The summed E-state index contributed by atoms with van der Waals surface area (Å²) in [6.45, 7) is 0. The Kier molecular flexibility index (Phi) is 3.47. The molecular formula is C12H4Br4O2. The maximum atomic E-state index is 5.91. The molecule has 0 fully saturated rings. The zero-order chi connectivity index (χ0) is 12.9. The minimum Gasteiger partial charge on any atom is -0.449 e. The molecule has 3 rings (SSSR count). The molecule has 0 saturated carbocycles. The fourth-order valence-corrected chi connectivity index (χ4v) is 3.61. The van der Waals surface area contributed by atoms with Gasteiger partial charge >= 0.3 is 0 Å². The predicted molar refractivity (Wildman–Crippen MR) is 83.8 cm³/mol. The van der Waals surface area contributed by atoms with Gasteiger partial charge in [-0.3, -0.25) is 0 Å². The molecule has 0 radical (unpaired) electrons. The molecular weight excluding hydrogens is 496 g/mol. The van der Waals surface area contributed by atoms with Crippen molar-refractivity contribution in [2.24, 2.45) is 0 Å². The molecule has 1 heterocycles. The lowest BCUT2D eigenvalue weighted by molar-refractivity contribution is 0.355. The maximum Gasteiger partial charge on any atom is 0.185 e. The highest BCUT2D eigenvalue weighted by atomic mass is 79.9. The van der Waals surface area contributed by atoms with E-state index in [0.717, 1.165) is 17.9 Å². The summed E-state index contributed by atoms with van der Waals surface area (Å²) in [5.41, 5.74) is 0. The number of ether oxygens (including phenoxy) is 2. The lowest BCUT2D eigenvalue weighted by Gasteiger charge is -2.23. The SMILES string of the molecule is Brc1cc(Br)c2c(c1)Oc1ccc(Br)c(Br)c1O2. The minimum atomic E-state index is 0.667. The first-order valence-corrected chi connectivity index (χ1v) is 8.06. The molecule has 0 spiro atoms. The topological polar surface area (TPSA) is 18.5 Å². The van der Waals surface area contributed by atoms with Crippen molar-refractivity contribution in [1.82, 2.24) is 0 Å². The van der Waals surface area contributed by atoms with E-state index < -0.39 is 0 Å². The Morgan fingerprint density at radius 1 is 0.722 bits per heavy atom. The number of halogens is 4. The Hall–Kier alpha value is -0.0400. The molecule has 0 aromatic heterocycles. The van der Waals surface area contributed by atoms with Crippen LogP contribution in [0.1, 0.15) is 0 Å². The van der Waals surface area contributed by atoms with E-state index in [-0.39, 0.29) is 0 Å². The van der Waals surface area contributed by atoms with Gasteiger partial charge in [-0.2, -0.15) is 0 Å². The summed E-state index contributed by atoms with van der Waals surface area (Å²) in [5, 5.41) is 0. The monoisotopic (exact) mass is 496 g/mol. The van der Waals surface area contributed by atoms with E-state index in [1.54, 1.807) is 0 Å². The molecule has 0 N–H and O–H groups in total. The molecule has 92 valence electrons. The van der Waals surface area contributed by atoms with E-state index >= 15 is 0 Å². The van der Waals surface area contributed by atoms with E-state index in [0.29, 0.717) is 23.0 Å². The van der Waals surface area contributed by atoms with E-state index in [1.165, 1.54) is 0 Å². The minimum absolute atomic E-state index is 0.667. The fourth-order valence-electron chi connectivity index (χ4n) is 1.62. The number of hydrogen-bond acceptors (Lipinski definition) is 2. The van der Waals surface area contributed by atoms with E-state index in [9.17, 15) is 0 Å². The van der Waals surface area contributed by atoms with E-state index in [2.05, 4.69) is 63.7 Å². The van der Waals surface area contributed by atoms with Gasteiger partial charge in [0.1, 0.15) is 0 Å². The summed E-state index contributed by atoms with van der Waals surface area (Å²) in [7, 11) is 0. The largest absolute Gasteiger partial charge is 0.449 e. The standard InChI is InChI=1S/C12H4Br4O2/c13-5-3-7(15)11-9(4-5)17-8-2-1-6(14)10(16)12(8)18-11/h1-4H. The van der Waals surface area contributed by atoms with Gasteiger partial charge in [-0.15, -0.1) is 0 Å². The second kappa shape index (κ2) is 4.81. The predicted octanol–water partition coefficient (Wildman–Crippen LogP) is 6.63. The number of benzene rings is 2. The van der Waals surface area contributed by atoms with Gasteiger partial charge in [0.25, 0.3) is 0 Å². The van der Waals surface area contributed by atoms with Crippen LogP contribution in [0.25, 0.3) is 0 Å². The Morgan fingerprint density at radius 3 is 2.28 bits per heavy atom. The van der Waals surface area contributed by atoms with Crippen molar-refractivity contribution in [2.45, 2.75) is 0 Å². The van der Waals surface area contributed by atoms with Crippen molar-refractivity contribution in [2.75, 3.05) is 0 Å². The third-order valence-electron chi connectivity index (χ3n) is 2.41. The van der Waals surface area contributed by atoms with Gasteiger partial charge in [0.05, 0.1) is 8.95 Å². The first kappa shape index (κ1) is 13.0. The average Bonchev–Trinajstić information content (AvgIpc) is 2.32. The van der Waals surface area contributed by atoms with Crippen LogP contribution in [0.2, 0.25) is 0 Å². The van der Waals surface area contributed by atoms with Crippen molar-refractivity contribution < 1.29 is 9.47 Å². The molecule has 1 aliphatic rings. The molecule has 0 saturated heterocycles. The van der Waals surface area contributed by atoms with E-state index in [4.69, 9.17) is 9.47 Å². The molecule has 1 aliphatic heterocycles. The van der Waals surface area contributed by atoms with Crippen molar-refractivity contribution >= 4 is 63.7 Å². The quantitative estimate of drug-likeness (QED) is 0.345. The van der Waals surface area contributed by atoms with Crippen LogP contribution in [0.3, 0.4) is 0 Å². The van der Waals surface area contributed by atoms with Gasteiger partial charge in [0.15, 0.2) is 23.0 Å². The number of fused-ring (bicyclic) bond motifs is 2. The second-order valence-corrected chi connectivity index (χ2v) is 7.02. The van der Waals surface area contributed by atoms with Gasteiger partial charge in [0, 0.05) is 8.95 Å². The zero-order valence-corrected chi connectivity index (χ0v) is 15.0. The first-order valence-electron chi connectivity index (χ1n) is 4.89. The summed E-state index contributed by atoms with van der Waals surface area (Å²) in [5.74, 6) is 2.70. The maximum absolute atomic E-state index is 5.91. The molecule has 0 atom stereocenters. The Bertz CT molecular complexity index is 655. The normalized spacial score (nSPS) is 12.2. The highest BCUT2D eigenvalue weighted by Crippen LogP contribution is 2.53. The molecule has 2 aromatic rings. The molecule has 0 unspecified atom stereocenters. The van der Waals surface area contributed by atoms with Crippen LogP contribution in [0, 0.1) is 0 Å². The Balaban J connectivity index is 2.18. The molecule has 0 bridgehead atoms. The molecule has 2 nitrogen and oxygen atoms in total. The summed E-state index contributed by atoms with van der Waals surface area (Å²) >= 11 is 13.8. The zero-order valence-electron chi connectivity index (χ0n) is 8.64. The Morgan fingerprint density at radius 2 is 1.50 bits per heavy atom. The van der Waals surface area contributed by atoms with Crippen molar-refractivity contribution in [3.8, 4) is 23.0 Å². The summed E-state index contributed by atoms with van der Waals surface area (Å²) in [6.07, 6.45) is 0. The molecule has 18 heavy (non-hydrogen) atoms. The van der Waals surface area contributed by atoms with Gasteiger partial charge in [0.2, 0.25) is 0 Å². The Labute approximate surface area is 137 Å². The van der Waals surface area contributed by atoms with Crippen LogP contribution in [-0.2, 0) is 0 Å². The lowest BCUT2D eigenvalue weighted by atomic mass is 10.2. The summed E-state index contributed by atoms with van der Waals surface area (Å²) in [6, 6.07) is 7.56. The van der Waals surface area contributed by atoms with Crippen LogP contribution in [0.4, 0.5) is 0 Å². The van der Waals surface area contributed by atoms with Crippen LogP contribution < -0.4 is 9.47 Å². The van der Waals surface area contributed by atoms with Gasteiger partial charge < -0.3 is 9.47 Å². The third kappa shape index (κ3) is 2.13. The summed E-state index contributed by atoms with van der Waals surface area (Å²) in [4.78, 5) is 0. The molecule has 6 heteroatoms. The number of rotatable bonds is 0. The highest BCUT2D eigenvalue weighted by molar-refractivity contribution is 9.13. The molecule has 0 aliphatic carbocycles. The fraction of sp³-hybridized carbons (Fsp3) is 0. The van der Waals surface area contributed by atoms with Crippen molar-refractivity contribution in [3.05, 3.63) is 42.2 Å². The van der Waals surface area contributed by atoms with Crippen LogP contribution in [-0.4, -0.2) is 0 Å². The number of hydrogen-bond donors (Lipinski definition) is 0. The van der Waals surface area contributed by atoms with Gasteiger partial charge in [-0.05, 0) is 72.1 Å². The highest BCUT2D eigenvalue weighted by Gasteiger charge is 2.24. The first-order chi connectivity index (χ1) is 8.56. The second-order valence-electron chi connectivity index (χ2n) is 3.61.